The van der Waals surface area contributed by atoms with Crippen LogP contribution in [0, 0.1) is 13.8 Å². The Kier molecular flexibility index (Phi) is 5.60. The molecule has 142 valence electrons. The van der Waals surface area contributed by atoms with Crippen molar-refractivity contribution in [3.05, 3.63) is 50.7 Å². The summed E-state index contributed by atoms with van der Waals surface area (Å²) in [4.78, 5) is 39.1. The molecule has 0 radical (unpaired) electrons. The number of amides is 2. The van der Waals surface area contributed by atoms with E-state index < -0.39 is 5.97 Å². The number of hydrogen-bond acceptors (Lipinski definition) is 4. The van der Waals surface area contributed by atoms with Gasteiger partial charge >= 0.3 is 5.97 Å². The van der Waals surface area contributed by atoms with Gasteiger partial charge in [0, 0.05) is 36.5 Å². The highest BCUT2D eigenvalue weighted by Gasteiger charge is 2.22. The van der Waals surface area contributed by atoms with Crippen LogP contribution in [0.15, 0.2) is 23.6 Å². The molecule has 0 bridgehead atoms. The second-order valence-corrected chi connectivity index (χ2v) is 7.77. The maximum atomic E-state index is 12.4. The number of carboxylic acid groups (broad SMARTS) is 1. The van der Waals surface area contributed by atoms with Crippen LogP contribution in [0.25, 0.3) is 0 Å². The molecule has 7 heteroatoms. The topological polar surface area (TPSA) is 86.7 Å². The van der Waals surface area contributed by atoms with E-state index in [1.54, 1.807) is 29.2 Å². The van der Waals surface area contributed by atoms with Crippen LogP contribution in [-0.2, 0) is 22.6 Å². The number of thiophene rings is 1. The van der Waals surface area contributed by atoms with Crippen LogP contribution in [0.3, 0.4) is 0 Å². The lowest BCUT2D eigenvalue weighted by Crippen LogP contribution is -2.35. The first-order valence-electron chi connectivity index (χ1n) is 8.82. The molecule has 0 spiro atoms. The van der Waals surface area contributed by atoms with Gasteiger partial charge < -0.3 is 15.3 Å². The molecule has 0 unspecified atom stereocenters. The molecule has 0 saturated heterocycles. The van der Waals surface area contributed by atoms with Crippen molar-refractivity contribution in [1.29, 1.82) is 0 Å². The molecule has 27 heavy (non-hydrogen) atoms. The van der Waals surface area contributed by atoms with Gasteiger partial charge in [-0.3, -0.25) is 9.59 Å². The van der Waals surface area contributed by atoms with Crippen LogP contribution in [0.5, 0.6) is 0 Å². The number of carbonyl (C=O) groups is 3. The molecule has 3 rings (SSSR count). The summed E-state index contributed by atoms with van der Waals surface area (Å²) in [5.41, 5.74) is 3.26. The van der Waals surface area contributed by atoms with Crippen LogP contribution >= 0.6 is 11.3 Å². The minimum atomic E-state index is -1.03. The molecule has 1 aromatic heterocycles. The van der Waals surface area contributed by atoms with Gasteiger partial charge in [-0.2, -0.15) is 0 Å². The predicted molar refractivity (Wildman–Crippen MR) is 104 cm³/mol. The van der Waals surface area contributed by atoms with Gasteiger partial charge in [-0.25, -0.2) is 4.79 Å². The fraction of sp³-hybridized carbons (Fsp3) is 0.350. The lowest BCUT2D eigenvalue weighted by Gasteiger charge is -2.27. The van der Waals surface area contributed by atoms with Crippen molar-refractivity contribution in [2.75, 3.05) is 11.9 Å². The van der Waals surface area contributed by atoms with E-state index in [1.165, 1.54) is 16.5 Å². The molecule has 1 aliphatic rings. The third-order valence-corrected chi connectivity index (χ3v) is 5.83. The normalized spacial score (nSPS) is 13.2. The van der Waals surface area contributed by atoms with Crippen LogP contribution < -0.4 is 5.32 Å². The zero-order chi connectivity index (χ0) is 19.6. The van der Waals surface area contributed by atoms with Crippen LogP contribution in [0.1, 0.15) is 44.8 Å². The molecule has 0 fully saturated rings. The van der Waals surface area contributed by atoms with Gasteiger partial charge in [0.1, 0.15) is 0 Å². The van der Waals surface area contributed by atoms with Gasteiger partial charge in [-0.1, -0.05) is 6.07 Å². The summed E-state index contributed by atoms with van der Waals surface area (Å²) in [7, 11) is 0. The van der Waals surface area contributed by atoms with Gasteiger partial charge in [0.05, 0.1) is 5.56 Å². The van der Waals surface area contributed by atoms with E-state index in [-0.39, 0.29) is 30.2 Å². The first-order chi connectivity index (χ1) is 12.8. The lowest BCUT2D eigenvalue weighted by molar-refractivity contribution is -0.133. The smallest absolute Gasteiger partial charge is 0.336 e. The number of rotatable bonds is 5. The standard InChI is InChI=1S/C20H22N2O4S/c1-12-9-13(2)16(10-15(12)20(25)26)21-18(23)3-4-19(24)22-7-5-17-14(11-22)6-8-27-17/h6,8-10H,3-5,7,11H2,1-2H3,(H,21,23)(H,25,26). The van der Waals surface area contributed by atoms with Crippen molar-refractivity contribution < 1.29 is 19.5 Å². The van der Waals surface area contributed by atoms with Crippen molar-refractivity contribution in [3.8, 4) is 0 Å². The summed E-state index contributed by atoms with van der Waals surface area (Å²) in [5, 5.41) is 14.0. The number of fused-ring (bicyclic) bond motifs is 1. The Morgan fingerprint density at radius 1 is 1.19 bits per heavy atom. The van der Waals surface area contributed by atoms with Crippen LogP contribution in [-0.4, -0.2) is 34.3 Å². The minimum Gasteiger partial charge on any atom is -0.478 e. The molecule has 2 N–H and O–H groups in total. The lowest BCUT2D eigenvalue weighted by atomic mass is 10.0. The summed E-state index contributed by atoms with van der Waals surface area (Å²) in [6.07, 6.45) is 1.08. The predicted octanol–water partition coefficient (Wildman–Crippen LogP) is 3.37. The average Bonchev–Trinajstić information content (AvgIpc) is 3.09. The number of benzene rings is 1. The third kappa shape index (κ3) is 4.36. The van der Waals surface area contributed by atoms with Crippen molar-refractivity contribution in [3.63, 3.8) is 0 Å². The fourth-order valence-corrected chi connectivity index (χ4v) is 4.16. The Hall–Kier alpha value is -2.67. The monoisotopic (exact) mass is 386 g/mol. The van der Waals surface area contributed by atoms with Crippen molar-refractivity contribution >= 4 is 34.8 Å². The average molecular weight is 386 g/mol. The van der Waals surface area contributed by atoms with Crippen molar-refractivity contribution in [1.82, 2.24) is 4.90 Å². The molecule has 1 aliphatic heterocycles. The molecular weight excluding hydrogens is 364 g/mol. The first kappa shape index (κ1) is 19.1. The number of hydrogen-bond donors (Lipinski definition) is 2. The van der Waals surface area contributed by atoms with Crippen LogP contribution in [0.2, 0.25) is 0 Å². The molecule has 0 atom stereocenters. The summed E-state index contributed by atoms with van der Waals surface area (Å²) in [6.45, 7) is 4.83. The summed E-state index contributed by atoms with van der Waals surface area (Å²) in [5.74, 6) is -1.36. The number of anilines is 1. The van der Waals surface area contributed by atoms with Gasteiger partial charge in [0.15, 0.2) is 0 Å². The third-order valence-electron chi connectivity index (χ3n) is 4.80. The van der Waals surface area contributed by atoms with E-state index >= 15 is 0 Å². The van der Waals surface area contributed by atoms with Gasteiger partial charge in [-0.15, -0.1) is 11.3 Å². The van der Waals surface area contributed by atoms with Crippen LogP contribution in [0.4, 0.5) is 5.69 Å². The second kappa shape index (κ2) is 7.92. The zero-order valence-electron chi connectivity index (χ0n) is 15.4. The van der Waals surface area contributed by atoms with Crippen molar-refractivity contribution in [2.24, 2.45) is 0 Å². The first-order valence-corrected chi connectivity index (χ1v) is 9.70. The molecule has 0 aliphatic carbocycles. The van der Waals surface area contributed by atoms with Gasteiger partial charge in [0.25, 0.3) is 0 Å². The highest BCUT2D eigenvalue weighted by atomic mass is 32.1. The molecule has 1 aromatic carbocycles. The Morgan fingerprint density at radius 2 is 1.96 bits per heavy atom. The quantitative estimate of drug-likeness (QED) is 0.825. The number of carboxylic acids is 1. The van der Waals surface area contributed by atoms with E-state index in [0.717, 1.165) is 12.0 Å². The number of nitrogens with zero attached hydrogens (tertiary/aromatic N) is 1. The van der Waals surface area contributed by atoms with E-state index in [1.807, 2.05) is 18.4 Å². The molecule has 2 aromatic rings. The van der Waals surface area contributed by atoms with E-state index in [9.17, 15) is 19.5 Å². The Bertz CT molecular complexity index is 903. The molecule has 6 nitrogen and oxygen atoms in total. The second-order valence-electron chi connectivity index (χ2n) is 6.77. The summed E-state index contributed by atoms with van der Waals surface area (Å²) >= 11 is 1.72. The maximum absolute atomic E-state index is 12.4. The van der Waals surface area contributed by atoms with Gasteiger partial charge in [0.2, 0.25) is 11.8 Å². The maximum Gasteiger partial charge on any atom is 0.336 e. The summed E-state index contributed by atoms with van der Waals surface area (Å²) in [6, 6.07) is 5.25. The van der Waals surface area contributed by atoms with Crippen molar-refractivity contribution in [2.45, 2.75) is 39.7 Å². The van der Waals surface area contributed by atoms with E-state index in [2.05, 4.69) is 5.32 Å². The SMILES string of the molecule is Cc1cc(C)c(C(=O)O)cc1NC(=O)CCC(=O)N1CCc2sccc2C1. The molecule has 2 heterocycles. The molecule has 0 saturated carbocycles. The number of aromatic carboxylic acids is 1. The minimum absolute atomic E-state index is 0.0335. The number of carbonyl (C=O) groups excluding carboxylic acids is 2. The van der Waals surface area contributed by atoms with E-state index in [4.69, 9.17) is 0 Å². The highest BCUT2D eigenvalue weighted by molar-refractivity contribution is 7.10. The van der Waals surface area contributed by atoms with Gasteiger partial charge in [-0.05, 0) is 54.5 Å². The highest BCUT2D eigenvalue weighted by Crippen LogP contribution is 2.25. The summed E-state index contributed by atoms with van der Waals surface area (Å²) < 4.78 is 0. The number of nitrogens with one attached hydrogen (secondary N) is 1. The van der Waals surface area contributed by atoms with E-state index in [0.29, 0.717) is 24.3 Å². The molecule has 2 amide bonds. The largest absolute Gasteiger partial charge is 0.478 e. The number of aryl methyl sites for hydroxylation is 2. The molecular formula is C20H22N2O4S. The Balaban J connectivity index is 1.56. The zero-order valence-corrected chi connectivity index (χ0v) is 16.2. The fourth-order valence-electron chi connectivity index (χ4n) is 3.27. The Morgan fingerprint density at radius 3 is 2.70 bits per heavy atom. The Labute approximate surface area is 161 Å².